The van der Waals surface area contributed by atoms with Crippen molar-refractivity contribution < 1.29 is 4.79 Å². The highest BCUT2D eigenvalue weighted by atomic mass is 79.9. The molecule has 16 heavy (non-hydrogen) atoms. The average molecular weight is 279 g/mol. The number of hydrogen-bond acceptors (Lipinski definition) is 2. The van der Waals surface area contributed by atoms with E-state index in [1.165, 1.54) is 12.8 Å². The Morgan fingerprint density at radius 2 is 2.38 bits per heavy atom. The van der Waals surface area contributed by atoms with Crippen LogP contribution in [0.2, 0.25) is 0 Å². The van der Waals surface area contributed by atoms with Crippen molar-refractivity contribution in [2.45, 2.75) is 19.4 Å². The van der Waals surface area contributed by atoms with Gasteiger partial charge in [0.1, 0.15) is 5.65 Å². The third-order valence-corrected chi connectivity index (χ3v) is 3.68. The third-order valence-electron chi connectivity index (χ3n) is 3.01. The van der Waals surface area contributed by atoms with Gasteiger partial charge >= 0.3 is 0 Å². The van der Waals surface area contributed by atoms with Crippen molar-refractivity contribution in [2.24, 2.45) is 5.92 Å². The van der Waals surface area contributed by atoms with Gasteiger partial charge in [-0.3, -0.25) is 4.79 Å². The van der Waals surface area contributed by atoms with E-state index in [-0.39, 0.29) is 0 Å². The molecular weight excluding hydrogens is 268 g/mol. The van der Waals surface area contributed by atoms with Gasteiger partial charge in [0, 0.05) is 34.4 Å². The maximum absolute atomic E-state index is 11.0. The third kappa shape index (κ3) is 1.57. The minimum Gasteiger partial charge on any atom is -0.331 e. The molecule has 1 aliphatic rings. The van der Waals surface area contributed by atoms with Crippen molar-refractivity contribution in [1.29, 1.82) is 0 Å². The first-order valence-electron chi connectivity index (χ1n) is 5.38. The predicted molar refractivity (Wildman–Crippen MR) is 65.5 cm³/mol. The minimum absolute atomic E-state index is 0.718. The number of rotatable bonds is 3. The van der Waals surface area contributed by atoms with E-state index >= 15 is 0 Å². The lowest BCUT2D eigenvalue weighted by Gasteiger charge is -2.02. The van der Waals surface area contributed by atoms with Crippen LogP contribution in [0.4, 0.5) is 0 Å². The number of carbonyl (C=O) groups is 1. The lowest BCUT2D eigenvalue weighted by atomic mass is 10.2. The van der Waals surface area contributed by atoms with Gasteiger partial charge < -0.3 is 4.57 Å². The van der Waals surface area contributed by atoms with Gasteiger partial charge in [0.05, 0.1) is 0 Å². The highest BCUT2D eigenvalue weighted by molar-refractivity contribution is 9.10. The van der Waals surface area contributed by atoms with E-state index < -0.39 is 0 Å². The molecule has 2 heterocycles. The molecular formula is C12H11BrN2O. The molecule has 1 aliphatic carbocycles. The molecule has 0 aromatic carbocycles. The monoisotopic (exact) mass is 278 g/mol. The van der Waals surface area contributed by atoms with Crippen LogP contribution >= 0.6 is 15.9 Å². The maximum atomic E-state index is 11.0. The Balaban J connectivity index is 2.20. The second kappa shape index (κ2) is 3.70. The zero-order valence-electron chi connectivity index (χ0n) is 8.69. The molecule has 0 radical (unpaired) electrons. The van der Waals surface area contributed by atoms with E-state index in [2.05, 4.69) is 25.5 Å². The summed E-state index contributed by atoms with van der Waals surface area (Å²) in [5, 5.41) is 0.929. The number of hydrogen-bond donors (Lipinski definition) is 0. The van der Waals surface area contributed by atoms with Crippen molar-refractivity contribution in [3.8, 4) is 0 Å². The van der Waals surface area contributed by atoms with E-state index in [0.717, 1.165) is 39.8 Å². The summed E-state index contributed by atoms with van der Waals surface area (Å²) < 4.78 is 3.04. The number of carbonyl (C=O) groups excluding carboxylic acids is 1. The number of aromatic nitrogens is 2. The number of aldehydes is 1. The first-order valence-corrected chi connectivity index (χ1v) is 6.17. The summed E-state index contributed by atoms with van der Waals surface area (Å²) in [4.78, 5) is 15.4. The molecule has 0 N–H and O–H groups in total. The van der Waals surface area contributed by atoms with Gasteiger partial charge in [0.2, 0.25) is 0 Å². The lowest BCUT2D eigenvalue weighted by molar-refractivity contribution is 0.112. The van der Waals surface area contributed by atoms with E-state index in [0.29, 0.717) is 0 Å². The first kappa shape index (κ1) is 10.0. The topological polar surface area (TPSA) is 34.9 Å². The molecule has 1 fully saturated rings. The highest BCUT2D eigenvalue weighted by Gasteiger charge is 2.23. The molecule has 0 bridgehead atoms. The standard InChI is InChI=1S/C12H11BrN2O/c13-10-3-4-14-12-11(10)9(7-16)6-15(12)5-8-1-2-8/h3-4,6-8H,1-2,5H2. The van der Waals surface area contributed by atoms with Crippen LogP contribution < -0.4 is 0 Å². The molecule has 3 nitrogen and oxygen atoms in total. The number of nitrogens with zero attached hydrogens (tertiary/aromatic N) is 2. The van der Waals surface area contributed by atoms with Crippen LogP contribution in [-0.2, 0) is 6.54 Å². The van der Waals surface area contributed by atoms with E-state index in [4.69, 9.17) is 0 Å². The molecule has 0 aliphatic heterocycles. The Morgan fingerprint density at radius 1 is 1.56 bits per heavy atom. The van der Waals surface area contributed by atoms with Crippen LogP contribution in [-0.4, -0.2) is 15.8 Å². The van der Waals surface area contributed by atoms with E-state index in [1.807, 2.05) is 12.3 Å². The van der Waals surface area contributed by atoms with Gasteiger partial charge in [-0.1, -0.05) is 0 Å². The summed E-state index contributed by atoms with van der Waals surface area (Å²) in [5.74, 6) is 0.774. The maximum Gasteiger partial charge on any atom is 0.152 e. The smallest absolute Gasteiger partial charge is 0.152 e. The molecule has 4 heteroatoms. The zero-order chi connectivity index (χ0) is 11.1. The number of pyridine rings is 1. The van der Waals surface area contributed by atoms with E-state index in [9.17, 15) is 4.79 Å². The highest BCUT2D eigenvalue weighted by Crippen LogP contribution is 2.33. The summed E-state index contributed by atoms with van der Waals surface area (Å²) in [6.07, 6.45) is 7.17. The van der Waals surface area contributed by atoms with Crippen LogP contribution in [0.1, 0.15) is 23.2 Å². The summed E-state index contributed by atoms with van der Waals surface area (Å²) in [6.45, 7) is 0.980. The Bertz CT molecular complexity index is 557. The summed E-state index contributed by atoms with van der Waals surface area (Å²) in [5.41, 5.74) is 1.62. The molecule has 3 rings (SSSR count). The lowest BCUT2D eigenvalue weighted by Crippen LogP contribution is -1.98. The SMILES string of the molecule is O=Cc1cn(CC2CC2)c2nccc(Br)c12. The van der Waals surface area contributed by atoms with Crippen LogP contribution in [0.3, 0.4) is 0 Å². The van der Waals surface area contributed by atoms with Crippen molar-refractivity contribution in [3.63, 3.8) is 0 Å². The fraction of sp³-hybridized carbons (Fsp3) is 0.333. The largest absolute Gasteiger partial charge is 0.331 e. The van der Waals surface area contributed by atoms with Crippen molar-refractivity contribution in [3.05, 3.63) is 28.5 Å². The molecule has 0 amide bonds. The van der Waals surface area contributed by atoms with Gasteiger partial charge in [-0.25, -0.2) is 4.98 Å². The van der Waals surface area contributed by atoms with Crippen molar-refractivity contribution in [2.75, 3.05) is 0 Å². The van der Waals surface area contributed by atoms with Crippen LogP contribution in [0, 0.1) is 5.92 Å². The Morgan fingerprint density at radius 3 is 3.06 bits per heavy atom. The summed E-state index contributed by atoms with van der Waals surface area (Å²) in [6, 6.07) is 1.87. The van der Waals surface area contributed by atoms with E-state index in [1.54, 1.807) is 6.20 Å². The summed E-state index contributed by atoms with van der Waals surface area (Å²) >= 11 is 3.47. The van der Waals surface area contributed by atoms with Gasteiger partial charge in [-0.05, 0) is 40.8 Å². The second-order valence-electron chi connectivity index (χ2n) is 4.29. The Labute approximate surface area is 102 Å². The molecule has 2 aromatic rings. The molecule has 0 saturated heterocycles. The number of halogens is 1. The predicted octanol–water partition coefficient (Wildman–Crippen LogP) is 3.02. The molecule has 2 aromatic heterocycles. The van der Waals surface area contributed by atoms with Gasteiger partial charge in [0.25, 0.3) is 0 Å². The molecule has 82 valence electrons. The van der Waals surface area contributed by atoms with Crippen LogP contribution in [0.15, 0.2) is 22.9 Å². The number of fused-ring (bicyclic) bond motifs is 1. The van der Waals surface area contributed by atoms with Crippen LogP contribution in [0.5, 0.6) is 0 Å². The first-order chi connectivity index (χ1) is 7.79. The zero-order valence-corrected chi connectivity index (χ0v) is 10.3. The Hall–Kier alpha value is -1.16. The quantitative estimate of drug-likeness (QED) is 0.809. The van der Waals surface area contributed by atoms with Gasteiger partial charge in [-0.15, -0.1) is 0 Å². The van der Waals surface area contributed by atoms with Crippen molar-refractivity contribution in [1.82, 2.24) is 9.55 Å². The average Bonchev–Trinajstić information content (AvgIpc) is 3.01. The molecule has 0 atom stereocenters. The van der Waals surface area contributed by atoms with Gasteiger partial charge in [0.15, 0.2) is 6.29 Å². The van der Waals surface area contributed by atoms with Crippen molar-refractivity contribution >= 4 is 33.2 Å². The molecule has 0 spiro atoms. The molecule has 1 saturated carbocycles. The summed E-state index contributed by atoms with van der Waals surface area (Å²) in [7, 11) is 0. The minimum atomic E-state index is 0.718. The molecule has 0 unspecified atom stereocenters. The Kier molecular flexibility index (Phi) is 2.32. The van der Waals surface area contributed by atoms with Crippen LogP contribution in [0.25, 0.3) is 11.0 Å². The second-order valence-corrected chi connectivity index (χ2v) is 5.14. The normalized spacial score (nSPS) is 15.6. The fourth-order valence-corrected chi connectivity index (χ4v) is 2.54. The fourth-order valence-electron chi connectivity index (χ4n) is 2.01. The van der Waals surface area contributed by atoms with Gasteiger partial charge in [-0.2, -0.15) is 0 Å².